The fourth-order valence-electron chi connectivity index (χ4n) is 3.22. The van der Waals surface area contributed by atoms with Gasteiger partial charge in [0.05, 0.1) is 48.8 Å². The van der Waals surface area contributed by atoms with Gasteiger partial charge in [-0.1, -0.05) is 13.8 Å². The van der Waals surface area contributed by atoms with E-state index in [1.807, 2.05) is 69.2 Å². The fourth-order valence-corrected chi connectivity index (χ4v) is 3.22. The quantitative estimate of drug-likeness (QED) is 0.202. The van der Waals surface area contributed by atoms with Crippen LogP contribution in [0.2, 0.25) is 0 Å². The molecule has 9 heteroatoms. The largest absolute Gasteiger partial charge is 0.375 e. The van der Waals surface area contributed by atoms with Crippen molar-refractivity contribution in [3.8, 4) is 0 Å². The van der Waals surface area contributed by atoms with Gasteiger partial charge in [0.1, 0.15) is 0 Å². The topological polar surface area (TPSA) is 135 Å². The van der Waals surface area contributed by atoms with Gasteiger partial charge < -0.3 is 35.7 Å². The minimum atomic E-state index is -0.402. The first kappa shape index (κ1) is 37.9. The van der Waals surface area contributed by atoms with Crippen LogP contribution in [0.1, 0.15) is 108 Å². The zero-order chi connectivity index (χ0) is 29.2. The van der Waals surface area contributed by atoms with Crippen LogP contribution in [0.3, 0.4) is 0 Å². The molecule has 0 heterocycles. The van der Waals surface area contributed by atoms with E-state index >= 15 is 0 Å². The average molecular weight is 534 g/mol. The third-order valence-electron chi connectivity index (χ3n) is 5.85. The van der Waals surface area contributed by atoms with Gasteiger partial charge in [-0.2, -0.15) is 0 Å². The van der Waals surface area contributed by atoms with Gasteiger partial charge in [0.2, 0.25) is 11.8 Å². The Morgan fingerprint density at radius 1 is 0.622 bits per heavy atom. The highest BCUT2D eigenvalue weighted by Crippen LogP contribution is 2.20. The summed E-state index contributed by atoms with van der Waals surface area (Å²) in [6, 6.07) is 0. The zero-order valence-electron chi connectivity index (χ0n) is 25.6. The van der Waals surface area contributed by atoms with Crippen LogP contribution in [0.15, 0.2) is 0 Å². The highest BCUT2D eigenvalue weighted by atomic mass is 16.5. The molecule has 0 spiro atoms. The second kappa shape index (κ2) is 18.9. The molecule has 2 amide bonds. The Morgan fingerprint density at radius 3 is 1.43 bits per heavy atom. The molecule has 0 aromatic carbocycles. The molecule has 0 aromatic heterocycles. The average Bonchev–Trinajstić information content (AvgIpc) is 2.73. The van der Waals surface area contributed by atoms with Crippen molar-refractivity contribution in [2.75, 3.05) is 39.5 Å². The van der Waals surface area contributed by atoms with Gasteiger partial charge in [0, 0.05) is 19.4 Å². The van der Waals surface area contributed by atoms with E-state index in [0.29, 0.717) is 58.8 Å². The molecular weight excluding hydrogens is 474 g/mol. The summed E-state index contributed by atoms with van der Waals surface area (Å²) in [6.07, 6.45) is 3.43. The Balaban J connectivity index is 0. The lowest BCUT2D eigenvalue weighted by molar-refractivity contribution is -0.124. The lowest BCUT2D eigenvalue weighted by atomic mass is 10.0. The highest BCUT2D eigenvalue weighted by molar-refractivity contribution is 5.75. The summed E-state index contributed by atoms with van der Waals surface area (Å²) < 4.78 is 23.6. The Hall–Kier alpha value is -1.26. The van der Waals surface area contributed by atoms with Crippen molar-refractivity contribution in [2.45, 2.75) is 130 Å². The molecule has 0 aliphatic rings. The maximum absolute atomic E-state index is 12.2. The second-order valence-corrected chi connectivity index (χ2v) is 11.5. The summed E-state index contributed by atoms with van der Waals surface area (Å²) in [5, 5.41) is 2.94. The zero-order valence-corrected chi connectivity index (χ0v) is 25.6. The van der Waals surface area contributed by atoms with Gasteiger partial charge in [-0.15, -0.1) is 0 Å². The smallest absolute Gasteiger partial charge is 0.222 e. The van der Waals surface area contributed by atoms with Crippen molar-refractivity contribution in [2.24, 2.45) is 11.5 Å². The maximum Gasteiger partial charge on any atom is 0.222 e. The van der Waals surface area contributed by atoms with Crippen LogP contribution in [-0.4, -0.2) is 73.7 Å². The number of primary amides is 1. The summed E-state index contributed by atoms with van der Waals surface area (Å²) in [4.78, 5) is 23.0. The van der Waals surface area contributed by atoms with Crippen LogP contribution in [0.4, 0.5) is 0 Å². The van der Waals surface area contributed by atoms with Crippen molar-refractivity contribution >= 4 is 11.8 Å². The number of nitrogens with two attached hydrogens (primary N) is 2. The van der Waals surface area contributed by atoms with E-state index in [1.54, 1.807) is 0 Å². The number of ether oxygens (including phenoxy) is 4. The van der Waals surface area contributed by atoms with E-state index in [1.165, 1.54) is 0 Å². The molecule has 0 saturated carbocycles. The summed E-state index contributed by atoms with van der Waals surface area (Å²) in [5.74, 6) is -0.413. The Labute approximate surface area is 227 Å². The van der Waals surface area contributed by atoms with Gasteiger partial charge >= 0.3 is 0 Å². The van der Waals surface area contributed by atoms with Crippen LogP contribution in [-0.2, 0) is 28.5 Å². The van der Waals surface area contributed by atoms with Crippen molar-refractivity contribution in [1.82, 2.24) is 5.32 Å². The number of rotatable bonds is 21. The summed E-state index contributed by atoms with van der Waals surface area (Å²) in [7, 11) is 0. The van der Waals surface area contributed by atoms with Crippen LogP contribution in [0, 0.1) is 0 Å². The third kappa shape index (κ3) is 23.6. The number of carbonyl (C=O) groups excluding carboxylic acids is 2. The molecule has 9 nitrogen and oxygen atoms in total. The molecule has 5 N–H and O–H groups in total. The summed E-state index contributed by atoms with van der Waals surface area (Å²) in [6.45, 7) is 22.9. The lowest BCUT2D eigenvalue weighted by Gasteiger charge is -2.30. The molecule has 0 bridgehead atoms. The van der Waals surface area contributed by atoms with E-state index in [2.05, 4.69) is 5.32 Å². The first-order valence-corrected chi connectivity index (χ1v) is 13.8. The van der Waals surface area contributed by atoms with E-state index in [9.17, 15) is 9.59 Å². The van der Waals surface area contributed by atoms with Crippen LogP contribution in [0.5, 0.6) is 0 Å². The molecule has 0 atom stereocenters. The van der Waals surface area contributed by atoms with Gasteiger partial charge in [0.15, 0.2) is 0 Å². The minimum Gasteiger partial charge on any atom is -0.375 e. The Kier molecular flexibility index (Phi) is 19.4. The predicted octanol–water partition coefficient (Wildman–Crippen LogP) is 4.09. The standard InChI is InChI=1S/C26H53N3O6.C2H6/c1-23(2,11-15-27)34-19-13-26(7,8)33-18-10-22(31)29-16-12-24(3,4)35-20-14-25(5,6)32-17-9-21(28)30;1-2/h9-20,27H2,1-8H3,(H2,28,30)(H,29,31);1-2H3. The van der Waals surface area contributed by atoms with E-state index in [0.717, 1.165) is 12.8 Å². The normalized spacial score (nSPS) is 12.6. The molecule has 0 aromatic rings. The minimum absolute atomic E-state index is 0.0408. The maximum atomic E-state index is 12.2. The monoisotopic (exact) mass is 533 g/mol. The Bertz CT molecular complexity index is 621. The van der Waals surface area contributed by atoms with Crippen LogP contribution < -0.4 is 16.8 Å². The first-order chi connectivity index (χ1) is 17.0. The SMILES string of the molecule is CC.CC(C)(CCN)OCCC(C)(C)OCCC(=O)NCCC(C)(C)OCCC(C)(C)OCCC(N)=O. The molecule has 0 fully saturated rings. The molecule has 0 unspecified atom stereocenters. The van der Waals surface area contributed by atoms with Gasteiger partial charge in [0.25, 0.3) is 0 Å². The van der Waals surface area contributed by atoms with Crippen molar-refractivity contribution < 1.29 is 28.5 Å². The molecule has 0 aliphatic carbocycles. The third-order valence-corrected chi connectivity index (χ3v) is 5.85. The molecule has 0 aliphatic heterocycles. The fraction of sp³-hybridized carbons (Fsp3) is 0.929. The first-order valence-electron chi connectivity index (χ1n) is 13.8. The van der Waals surface area contributed by atoms with Crippen LogP contribution in [0.25, 0.3) is 0 Å². The number of hydrogen-bond donors (Lipinski definition) is 3. The number of hydrogen-bond acceptors (Lipinski definition) is 7. The van der Waals surface area contributed by atoms with Gasteiger partial charge in [-0.05, 0) is 87.6 Å². The molecule has 37 heavy (non-hydrogen) atoms. The van der Waals surface area contributed by atoms with Crippen molar-refractivity contribution in [1.29, 1.82) is 0 Å². The predicted molar refractivity (Wildman–Crippen MR) is 150 cm³/mol. The number of nitrogens with one attached hydrogen (secondary N) is 1. The summed E-state index contributed by atoms with van der Waals surface area (Å²) in [5.41, 5.74) is 9.37. The van der Waals surface area contributed by atoms with Crippen molar-refractivity contribution in [3.05, 3.63) is 0 Å². The van der Waals surface area contributed by atoms with Crippen molar-refractivity contribution in [3.63, 3.8) is 0 Å². The Morgan fingerprint density at radius 2 is 1.00 bits per heavy atom. The molecule has 222 valence electrons. The second-order valence-electron chi connectivity index (χ2n) is 11.5. The molecular formula is C28H59N3O6. The number of amides is 2. The van der Waals surface area contributed by atoms with Gasteiger partial charge in [-0.3, -0.25) is 9.59 Å². The lowest BCUT2D eigenvalue weighted by Crippen LogP contribution is -2.36. The highest BCUT2D eigenvalue weighted by Gasteiger charge is 2.24. The summed E-state index contributed by atoms with van der Waals surface area (Å²) >= 11 is 0. The number of carbonyl (C=O) groups is 2. The van der Waals surface area contributed by atoms with E-state index in [4.69, 9.17) is 30.4 Å². The van der Waals surface area contributed by atoms with E-state index in [-0.39, 0.29) is 35.0 Å². The van der Waals surface area contributed by atoms with Gasteiger partial charge in [-0.25, -0.2) is 0 Å². The molecule has 0 saturated heterocycles. The van der Waals surface area contributed by atoms with Crippen LogP contribution >= 0.6 is 0 Å². The molecule has 0 radical (unpaired) electrons. The van der Waals surface area contributed by atoms with E-state index < -0.39 is 5.60 Å². The molecule has 0 rings (SSSR count).